The fraction of sp³-hybridized carbons (Fsp3) is 0.125. The van der Waals surface area contributed by atoms with Crippen molar-refractivity contribution >= 4 is 24.8 Å². The van der Waals surface area contributed by atoms with Crippen LogP contribution in [0, 0.1) is 0 Å². The Kier molecular flexibility index (Phi) is 1.53. The number of imidazole rings is 1. The van der Waals surface area contributed by atoms with Gasteiger partial charge in [-0.2, -0.15) is 0 Å². The predicted octanol–water partition coefficient (Wildman–Crippen LogP) is -0.366. The molecule has 0 fully saturated rings. The summed E-state index contributed by atoms with van der Waals surface area (Å²) in [6, 6.07) is 4.07. The van der Waals surface area contributed by atoms with Crippen molar-refractivity contribution in [3.05, 3.63) is 24.5 Å². The zero-order valence-electron chi connectivity index (χ0n) is 7.20. The van der Waals surface area contributed by atoms with Crippen molar-refractivity contribution in [2.75, 3.05) is 12.4 Å². The van der Waals surface area contributed by atoms with Crippen molar-refractivity contribution in [1.29, 1.82) is 0 Å². The van der Waals surface area contributed by atoms with Crippen LogP contribution < -0.4 is 10.8 Å². The Labute approximate surface area is 71.8 Å². The van der Waals surface area contributed by atoms with Gasteiger partial charge in [0.1, 0.15) is 19.3 Å². The molecule has 0 atom stereocenters. The largest absolute Gasteiger partial charge is 0.372 e. The molecule has 1 N–H and O–H groups in total. The molecule has 0 radical (unpaired) electrons. The first-order valence-corrected chi connectivity index (χ1v) is 3.93. The Bertz CT molecular complexity index is 408. The van der Waals surface area contributed by atoms with Gasteiger partial charge in [-0.25, -0.2) is 4.98 Å². The lowest BCUT2D eigenvalue weighted by molar-refractivity contribution is 1.20. The van der Waals surface area contributed by atoms with Crippen LogP contribution in [-0.4, -0.2) is 24.3 Å². The summed E-state index contributed by atoms with van der Waals surface area (Å²) in [5.74, 6) is 0.903. The van der Waals surface area contributed by atoms with Crippen molar-refractivity contribution in [2.24, 2.45) is 0 Å². The van der Waals surface area contributed by atoms with Gasteiger partial charge in [0.15, 0.2) is 0 Å². The van der Waals surface area contributed by atoms with Crippen LogP contribution in [0.25, 0.3) is 5.65 Å². The molecule has 0 aliphatic carbocycles. The maximum atomic E-state index is 4.32. The van der Waals surface area contributed by atoms with Gasteiger partial charge in [-0.05, 0) is 6.07 Å². The lowest BCUT2D eigenvalue weighted by atomic mass is 9.99. The van der Waals surface area contributed by atoms with E-state index in [0.717, 1.165) is 11.5 Å². The molecule has 2 heterocycles. The lowest BCUT2D eigenvalue weighted by Crippen LogP contribution is -2.03. The third-order valence-corrected chi connectivity index (χ3v) is 1.86. The SMILES string of the molecule is Bc1ccc2nc(NC)cn2c1. The Morgan fingerprint density at radius 2 is 2.25 bits per heavy atom. The van der Waals surface area contributed by atoms with Crippen LogP contribution in [0.15, 0.2) is 24.5 Å². The molecule has 0 aliphatic heterocycles. The number of aromatic nitrogens is 2. The van der Waals surface area contributed by atoms with Crippen molar-refractivity contribution in [3.63, 3.8) is 0 Å². The molecule has 0 aromatic carbocycles. The van der Waals surface area contributed by atoms with E-state index in [1.807, 2.05) is 23.7 Å². The van der Waals surface area contributed by atoms with E-state index in [-0.39, 0.29) is 0 Å². The molecular weight excluding hydrogens is 149 g/mol. The van der Waals surface area contributed by atoms with Crippen LogP contribution >= 0.6 is 0 Å². The number of hydrogen-bond donors (Lipinski definition) is 1. The number of rotatable bonds is 1. The summed E-state index contributed by atoms with van der Waals surface area (Å²) in [4.78, 5) is 4.32. The smallest absolute Gasteiger partial charge is 0.145 e. The zero-order chi connectivity index (χ0) is 8.55. The van der Waals surface area contributed by atoms with E-state index >= 15 is 0 Å². The van der Waals surface area contributed by atoms with E-state index in [0.29, 0.717) is 0 Å². The van der Waals surface area contributed by atoms with Gasteiger partial charge in [0, 0.05) is 13.2 Å². The van der Waals surface area contributed by atoms with Crippen LogP contribution in [0.2, 0.25) is 0 Å². The summed E-state index contributed by atoms with van der Waals surface area (Å²) in [7, 11) is 3.94. The molecule has 0 saturated carbocycles. The summed E-state index contributed by atoms with van der Waals surface area (Å²) < 4.78 is 2.02. The highest BCUT2D eigenvalue weighted by Crippen LogP contribution is 2.06. The number of anilines is 1. The van der Waals surface area contributed by atoms with Crippen LogP contribution in [0.1, 0.15) is 0 Å². The minimum Gasteiger partial charge on any atom is -0.372 e. The van der Waals surface area contributed by atoms with Gasteiger partial charge in [-0.1, -0.05) is 11.5 Å². The fourth-order valence-corrected chi connectivity index (χ4v) is 1.22. The number of fused-ring (bicyclic) bond motifs is 1. The maximum Gasteiger partial charge on any atom is 0.145 e. The quantitative estimate of drug-likeness (QED) is 0.575. The highest BCUT2D eigenvalue weighted by atomic mass is 15.1. The third kappa shape index (κ3) is 1.05. The molecule has 0 bridgehead atoms. The van der Waals surface area contributed by atoms with Crippen LogP contribution in [0.4, 0.5) is 5.82 Å². The Hall–Kier alpha value is -1.45. The molecule has 0 spiro atoms. The van der Waals surface area contributed by atoms with Gasteiger partial charge >= 0.3 is 0 Å². The van der Waals surface area contributed by atoms with Gasteiger partial charge in [0.05, 0.1) is 6.20 Å². The molecule has 0 amide bonds. The minimum absolute atomic E-state index is 0.903. The van der Waals surface area contributed by atoms with Crippen LogP contribution in [0.5, 0.6) is 0 Å². The van der Waals surface area contributed by atoms with Crippen molar-refractivity contribution in [3.8, 4) is 0 Å². The Balaban J connectivity index is 2.67. The van der Waals surface area contributed by atoms with E-state index in [4.69, 9.17) is 0 Å². The first-order chi connectivity index (χ1) is 5.79. The Morgan fingerprint density at radius 3 is 3.00 bits per heavy atom. The molecule has 2 rings (SSSR count). The highest BCUT2D eigenvalue weighted by molar-refractivity contribution is 6.32. The molecule has 60 valence electrons. The zero-order valence-corrected chi connectivity index (χ0v) is 7.20. The first-order valence-electron chi connectivity index (χ1n) is 3.93. The van der Waals surface area contributed by atoms with E-state index in [1.165, 1.54) is 5.46 Å². The molecule has 3 nitrogen and oxygen atoms in total. The van der Waals surface area contributed by atoms with E-state index in [2.05, 4.69) is 30.4 Å². The minimum atomic E-state index is 0.903. The molecule has 2 aromatic rings. The number of pyridine rings is 1. The number of nitrogens with zero attached hydrogens (tertiary/aromatic N) is 2. The maximum absolute atomic E-state index is 4.32. The van der Waals surface area contributed by atoms with Crippen LogP contribution in [-0.2, 0) is 0 Å². The van der Waals surface area contributed by atoms with Gasteiger partial charge in [0.2, 0.25) is 0 Å². The second-order valence-corrected chi connectivity index (χ2v) is 2.85. The fourth-order valence-electron chi connectivity index (χ4n) is 1.22. The first kappa shape index (κ1) is 7.22. The van der Waals surface area contributed by atoms with Gasteiger partial charge < -0.3 is 9.72 Å². The molecule has 12 heavy (non-hydrogen) atoms. The standard InChI is InChI=1S/C8H10BN3/c1-10-7-5-12-4-6(9)2-3-8(12)11-7/h2-5,10H,9H2,1H3. The van der Waals surface area contributed by atoms with Crippen molar-refractivity contribution in [2.45, 2.75) is 0 Å². The average molecular weight is 159 g/mol. The lowest BCUT2D eigenvalue weighted by Gasteiger charge is -1.92. The molecule has 0 saturated heterocycles. The molecule has 2 aromatic heterocycles. The summed E-state index contributed by atoms with van der Waals surface area (Å²) in [5.41, 5.74) is 2.22. The topological polar surface area (TPSA) is 29.3 Å². The van der Waals surface area contributed by atoms with Crippen LogP contribution in [0.3, 0.4) is 0 Å². The predicted molar refractivity (Wildman–Crippen MR) is 52.9 cm³/mol. The summed E-state index contributed by atoms with van der Waals surface area (Å²) >= 11 is 0. The normalized spacial score (nSPS) is 10.4. The van der Waals surface area contributed by atoms with Crippen molar-refractivity contribution < 1.29 is 0 Å². The highest BCUT2D eigenvalue weighted by Gasteiger charge is 1.97. The van der Waals surface area contributed by atoms with Gasteiger partial charge in [-0.3, -0.25) is 0 Å². The molecule has 0 unspecified atom stereocenters. The monoisotopic (exact) mass is 159 g/mol. The van der Waals surface area contributed by atoms with E-state index in [9.17, 15) is 0 Å². The molecule has 4 heteroatoms. The van der Waals surface area contributed by atoms with E-state index < -0.39 is 0 Å². The average Bonchev–Trinajstić information content (AvgIpc) is 2.46. The second kappa shape index (κ2) is 2.55. The summed E-state index contributed by atoms with van der Waals surface area (Å²) in [6.45, 7) is 0. The van der Waals surface area contributed by atoms with E-state index in [1.54, 1.807) is 0 Å². The third-order valence-electron chi connectivity index (χ3n) is 1.86. The molecule has 0 aliphatic rings. The number of nitrogens with one attached hydrogen (secondary N) is 1. The Morgan fingerprint density at radius 1 is 1.42 bits per heavy atom. The summed E-state index contributed by atoms with van der Waals surface area (Å²) in [5, 5.41) is 3.00. The molecular formula is C8H10BN3. The van der Waals surface area contributed by atoms with Crippen molar-refractivity contribution in [1.82, 2.24) is 9.38 Å². The number of hydrogen-bond acceptors (Lipinski definition) is 2. The van der Waals surface area contributed by atoms with Gasteiger partial charge in [0.25, 0.3) is 0 Å². The summed E-state index contributed by atoms with van der Waals surface area (Å²) in [6.07, 6.45) is 4.03. The second-order valence-electron chi connectivity index (χ2n) is 2.85. The van der Waals surface area contributed by atoms with Gasteiger partial charge in [-0.15, -0.1) is 0 Å².